The molecule has 1 aliphatic rings. The SMILES string of the molecule is CC(C)C1=CC(OB(O)O)(C(C)C)N=N1. The zero-order valence-electron chi connectivity index (χ0n) is 9.51. The van der Waals surface area contributed by atoms with E-state index in [1.165, 1.54) is 0 Å². The number of hydrogen-bond donors (Lipinski definition) is 2. The Kier molecular flexibility index (Phi) is 3.65. The minimum Gasteiger partial charge on any atom is -0.402 e. The van der Waals surface area contributed by atoms with Crippen molar-refractivity contribution in [2.75, 3.05) is 0 Å². The molecule has 0 spiro atoms. The molecule has 15 heavy (non-hydrogen) atoms. The van der Waals surface area contributed by atoms with Gasteiger partial charge in [0.1, 0.15) is 0 Å². The molecule has 0 aromatic carbocycles. The van der Waals surface area contributed by atoms with E-state index in [1.54, 1.807) is 6.08 Å². The summed E-state index contributed by atoms with van der Waals surface area (Å²) in [5.74, 6) is 0.230. The fourth-order valence-electron chi connectivity index (χ4n) is 1.33. The zero-order chi connectivity index (χ0) is 11.6. The van der Waals surface area contributed by atoms with Crippen molar-refractivity contribution in [3.63, 3.8) is 0 Å². The minimum atomic E-state index is -1.84. The predicted molar refractivity (Wildman–Crippen MR) is 56.6 cm³/mol. The Morgan fingerprint density at radius 2 is 1.93 bits per heavy atom. The topological polar surface area (TPSA) is 74.4 Å². The molecule has 1 atom stereocenters. The molecule has 1 heterocycles. The van der Waals surface area contributed by atoms with Crippen LogP contribution in [0, 0.1) is 11.8 Å². The molecule has 0 amide bonds. The van der Waals surface area contributed by atoms with E-state index in [0.29, 0.717) is 0 Å². The minimum absolute atomic E-state index is 0.0145. The van der Waals surface area contributed by atoms with Crippen molar-refractivity contribution in [3.05, 3.63) is 11.8 Å². The monoisotopic (exact) mass is 212 g/mol. The van der Waals surface area contributed by atoms with Gasteiger partial charge in [0.05, 0.1) is 5.70 Å². The van der Waals surface area contributed by atoms with E-state index >= 15 is 0 Å². The highest BCUT2D eigenvalue weighted by Gasteiger charge is 2.40. The van der Waals surface area contributed by atoms with E-state index in [0.717, 1.165) is 5.70 Å². The first-order valence-electron chi connectivity index (χ1n) is 5.07. The van der Waals surface area contributed by atoms with E-state index in [4.69, 9.17) is 14.7 Å². The lowest BCUT2D eigenvalue weighted by atomic mass is 9.96. The Labute approximate surface area is 90.0 Å². The third kappa shape index (κ3) is 2.65. The van der Waals surface area contributed by atoms with Gasteiger partial charge in [-0.1, -0.05) is 27.7 Å². The molecule has 0 fully saturated rings. The van der Waals surface area contributed by atoms with Crippen LogP contribution in [0.5, 0.6) is 0 Å². The second-order valence-corrected chi connectivity index (χ2v) is 4.27. The highest BCUT2D eigenvalue weighted by molar-refractivity contribution is 6.32. The van der Waals surface area contributed by atoms with Crippen molar-refractivity contribution in [2.24, 2.45) is 22.1 Å². The Balaban J connectivity index is 2.92. The van der Waals surface area contributed by atoms with Gasteiger partial charge in [-0.25, -0.2) is 0 Å². The zero-order valence-corrected chi connectivity index (χ0v) is 9.51. The average Bonchev–Trinajstić information content (AvgIpc) is 2.48. The second-order valence-electron chi connectivity index (χ2n) is 4.27. The van der Waals surface area contributed by atoms with Crippen LogP contribution in [0.15, 0.2) is 22.0 Å². The summed E-state index contributed by atoms with van der Waals surface area (Å²) in [5, 5.41) is 25.7. The van der Waals surface area contributed by atoms with Crippen LogP contribution in [0.4, 0.5) is 0 Å². The lowest BCUT2D eigenvalue weighted by molar-refractivity contribution is 0.0274. The van der Waals surface area contributed by atoms with Crippen molar-refractivity contribution in [1.29, 1.82) is 0 Å². The van der Waals surface area contributed by atoms with Crippen LogP contribution in [-0.4, -0.2) is 23.1 Å². The molecule has 1 rings (SSSR count). The van der Waals surface area contributed by atoms with Gasteiger partial charge in [-0.15, -0.1) is 5.11 Å². The van der Waals surface area contributed by atoms with Gasteiger partial charge in [0.15, 0.2) is 5.72 Å². The van der Waals surface area contributed by atoms with Gasteiger partial charge in [-0.05, 0) is 12.0 Å². The summed E-state index contributed by atoms with van der Waals surface area (Å²) in [6, 6.07) is 0. The molecular weight excluding hydrogens is 195 g/mol. The summed E-state index contributed by atoms with van der Waals surface area (Å²) in [7, 11) is -1.84. The normalized spacial score (nSPS) is 25.2. The van der Waals surface area contributed by atoms with Crippen LogP contribution in [0.1, 0.15) is 27.7 Å². The smallest absolute Gasteiger partial charge is 0.402 e. The molecule has 0 aliphatic carbocycles. The van der Waals surface area contributed by atoms with Gasteiger partial charge in [-0.3, -0.25) is 0 Å². The van der Waals surface area contributed by atoms with Crippen molar-refractivity contribution < 1.29 is 14.7 Å². The lowest BCUT2D eigenvalue weighted by Gasteiger charge is -2.27. The van der Waals surface area contributed by atoms with Crippen LogP contribution in [0.25, 0.3) is 0 Å². The lowest BCUT2D eigenvalue weighted by Crippen LogP contribution is -2.39. The Bertz CT molecular complexity index is 289. The van der Waals surface area contributed by atoms with Gasteiger partial charge in [-0.2, -0.15) is 5.11 Å². The molecule has 0 bridgehead atoms. The number of rotatable bonds is 4. The summed E-state index contributed by atoms with van der Waals surface area (Å²) in [6.45, 7) is 7.77. The highest BCUT2D eigenvalue weighted by Crippen LogP contribution is 2.35. The molecule has 1 unspecified atom stereocenters. The maximum atomic E-state index is 8.85. The van der Waals surface area contributed by atoms with Crippen molar-refractivity contribution >= 4 is 7.32 Å². The second kappa shape index (κ2) is 4.43. The Morgan fingerprint density at radius 3 is 2.27 bits per heavy atom. The third-order valence-corrected chi connectivity index (χ3v) is 2.39. The van der Waals surface area contributed by atoms with Crippen LogP contribution in [0.2, 0.25) is 0 Å². The summed E-state index contributed by atoms with van der Waals surface area (Å²) in [4.78, 5) is 0. The number of hydrogen-bond acceptors (Lipinski definition) is 5. The van der Waals surface area contributed by atoms with Crippen LogP contribution in [-0.2, 0) is 4.65 Å². The maximum Gasteiger partial charge on any atom is 0.635 e. The molecule has 2 N–H and O–H groups in total. The van der Waals surface area contributed by atoms with Gasteiger partial charge >= 0.3 is 7.32 Å². The predicted octanol–water partition coefficient (Wildman–Crippen LogP) is 1.33. The van der Waals surface area contributed by atoms with Crippen molar-refractivity contribution in [2.45, 2.75) is 33.4 Å². The van der Waals surface area contributed by atoms with Gasteiger partial charge in [0, 0.05) is 5.92 Å². The first-order valence-corrected chi connectivity index (χ1v) is 5.07. The van der Waals surface area contributed by atoms with Crippen LogP contribution >= 0.6 is 0 Å². The molecule has 1 aliphatic heterocycles. The number of nitrogens with zero attached hydrogens (tertiary/aromatic N) is 2. The molecule has 6 heteroatoms. The first kappa shape index (κ1) is 12.4. The number of allylic oxidation sites excluding steroid dienone is 1. The summed E-state index contributed by atoms with van der Waals surface area (Å²) in [5.41, 5.74) is -0.224. The van der Waals surface area contributed by atoms with Crippen molar-refractivity contribution in [3.8, 4) is 0 Å². The Hall–Kier alpha value is -0.715. The van der Waals surface area contributed by atoms with E-state index < -0.39 is 13.0 Å². The van der Waals surface area contributed by atoms with Gasteiger partial charge in [0.25, 0.3) is 0 Å². The molecule has 0 radical (unpaired) electrons. The van der Waals surface area contributed by atoms with Crippen LogP contribution in [0.3, 0.4) is 0 Å². The summed E-state index contributed by atoms with van der Waals surface area (Å²) < 4.78 is 5.01. The van der Waals surface area contributed by atoms with E-state index in [-0.39, 0.29) is 11.8 Å². The molecular formula is C9H17BN2O3. The summed E-state index contributed by atoms with van der Waals surface area (Å²) in [6.07, 6.45) is 1.75. The average molecular weight is 212 g/mol. The van der Waals surface area contributed by atoms with E-state index in [2.05, 4.69) is 10.2 Å². The Morgan fingerprint density at radius 1 is 1.33 bits per heavy atom. The highest BCUT2D eigenvalue weighted by atomic mass is 16.6. The molecule has 5 nitrogen and oxygen atoms in total. The van der Waals surface area contributed by atoms with Crippen LogP contribution < -0.4 is 0 Å². The quantitative estimate of drug-likeness (QED) is 0.690. The largest absolute Gasteiger partial charge is 0.635 e. The molecule has 0 aromatic rings. The van der Waals surface area contributed by atoms with Gasteiger partial charge < -0.3 is 14.7 Å². The van der Waals surface area contributed by atoms with Crippen molar-refractivity contribution in [1.82, 2.24) is 0 Å². The molecule has 0 aromatic heterocycles. The molecule has 0 saturated carbocycles. The number of azo groups is 1. The molecule has 0 saturated heterocycles. The maximum absolute atomic E-state index is 8.85. The molecule has 84 valence electrons. The van der Waals surface area contributed by atoms with E-state index in [1.807, 2.05) is 27.7 Å². The van der Waals surface area contributed by atoms with Gasteiger partial charge in [0.2, 0.25) is 0 Å². The third-order valence-electron chi connectivity index (χ3n) is 2.39. The fourth-order valence-corrected chi connectivity index (χ4v) is 1.33. The first-order chi connectivity index (χ1) is 6.87. The summed E-state index contributed by atoms with van der Waals surface area (Å²) >= 11 is 0. The fraction of sp³-hybridized carbons (Fsp3) is 0.778. The van der Waals surface area contributed by atoms with E-state index in [9.17, 15) is 0 Å². The standard InChI is InChI=1S/C9H17BN2O3/c1-6(2)8-5-9(7(3)4,12-11-8)15-10(13)14/h5-7,13-14H,1-4H3.